The third-order valence-corrected chi connectivity index (χ3v) is 7.30. The lowest BCUT2D eigenvalue weighted by Gasteiger charge is -2.38. The van der Waals surface area contributed by atoms with Gasteiger partial charge in [0, 0.05) is 25.1 Å². The zero-order chi connectivity index (χ0) is 25.8. The van der Waals surface area contributed by atoms with Crippen molar-refractivity contribution in [3.05, 3.63) is 59.4 Å². The highest BCUT2D eigenvalue weighted by Gasteiger charge is 2.35. The number of halogens is 1. The number of piperidine rings is 1. The molecule has 0 aromatic heterocycles. The summed E-state index contributed by atoms with van der Waals surface area (Å²) < 4.78 is 19.6. The molecule has 5 rings (SSSR count). The fraction of sp³-hybridized carbons (Fsp3) is 0.481. The van der Waals surface area contributed by atoms with E-state index < -0.39 is 11.9 Å². The SMILES string of the molecule is NC(=O)C1CC(N[C@H]2CCNC2=O)NC(c2ccc(Oc3ccc(F)cc3)c(CN3CCCCC3)c2)N1. The Morgan fingerprint density at radius 3 is 2.59 bits per heavy atom. The van der Waals surface area contributed by atoms with Crippen molar-refractivity contribution >= 4 is 11.8 Å². The molecule has 10 heteroatoms. The number of amides is 2. The molecule has 4 atom stereocenters. The lowest BCUT2D eigenvalue weighted by molar-refractivity contribution is -0.121. The van der Waals surface area contributed by atoms with Crippen LogP contribution in [0.1, 0.15) is 49.4 Å². The first-order valence-electron chi connectivity index (χ1n) is 13.1. The van der Waals surface area contributed by atoms with E-state index in [-0.39, 0.29) is 30.1 Å². The van der Waals surface area contributed by atoms with Crippen LogP contribution in [-0.4, -0.2) is 54.6 Å². The molecule has 2 aromatic rings. The Morgan fingerprint density at radius 1 is 1.11 bits per heavy atom. The Hall–Kier alpha value is -3.05. The molecule has 0 bridgehead atoms. The molecular weight excluding hydrogens is 475 g/mol. The summed E-state index contributed by atoms with van der Waals surface area (Å²) in [6, 6.07) is 11.1. The number of primary amides is 1. The molecule has 0 saturated carbocycles. The molecule has 6 N–H and O–H groups in total. The van der Waals surface area contributed by atoms with E-state index in [0.717, 1.165) is 30.8 Å². The van der Waals surface area contributed by atoms with Crippen LogP contribution in [0.5, 0.6) is 11.5 Å². The third-order valence-electron chi connectivity index (χ3n) is 7.30. The summed E-state index contributed by atoms with van der Waals surface area (Å²) in [4.78, 5) is 26.7. The minimum atomic E-state index is -0.547. The van der Waals surface area contributed by atoms with Gasteiger partial charge in [0.15, 0.2) is 0 Å². The van der Waals surface area contributed by atoms with Gasteiger partial charge in [0.05, 0.1) is 24.4 Å². The molecule has 3 heterocycles. The molecule has 2 amide bonds. The lowest BCUT2D eigenvalue weighted by atomic mass is 10.0. The minimum Gasteiger partial charge on any atom is -0.457 e. The number of hydrogen-bond acceptors (Lipinski definition) is 7. The van der Waals surface area contributed by atoms with E-state index >= 15 is 0 Å². The topological polar surface area (TPSA) is 121 Å². The highest BCUT2D eigenvalue weighted by atomic mass is 19.1. The largest absolute Gasteiger partial charge is 0.457 e. The summed E-state index contributed by atoms with van der Waals surface area (Å²) in [5, 5.41) is 13.0. The monoisotopic (exact) mass is 510 g/mol. The highest BCUT2D eigenvalue weighted by molar-refractivity contribution is 5.83. The number of carbonyl (C=O) groups excluding carboxylic acids is 2. The zero-order valence-electron chi connectivity index (χ0n) is 20.8. The lowest BCUT2D eigenvalue weighted by Crippen LogP contribution is -2.62. The molecule has 0 spiro atoms. The van der Waals surface area contributed by atoms with E-state index in [1.54, 1.807) is 12.1 Å². The molecule has 2 aromatic carbocycles. The number of nitrogens with zero attached hydrogens (tertiary/aromatic N) is 1. The van der Waals surface area contributed by atoms with Gasteiger partial charge in [0.1, 0.15) is 17.3 Å². The number of rotatable bonds is 8. The van der Waals surface area contributed by atoms with E-state index in [9.17, 15) is 14.0 Å². The normalized spacial score (nSPS) is 26.6. The van der Waals surface area contributed by atoms with E-state index in [1.807, 2.05) is 12.1 Å². The average molecular weight is 511 g/mol. The molecule has 9 nitrogen and oxygen atoms in total. The number of benzene rings is 2. The van der Waals surface area contributed by atoms with Crippen LogP contribution < -0.4 is 31.7 Å². The smallest absolute Gasteiger partial charge is 0.237 e. The quantitative estimate of drug-likeness (QED) is 0.368. The maximum absolute atomic E-state index is 13.4. The Morgan fingerprint density at radius 2 is 1.89 bits per heavy atom. The molecule has 3 aliphatic heterocycles. The number of nitrogens with two attached hydrogens (primary N) is 1. The summed E-state index contributed by atoms with van der Waals surface area (Å²) in [7, 11) is 0. The Labute approximate surface area is 216 Å². The van der Waals surface area contributed by atoms with Crippen LogP contribution in [0.25, 0.3) is 0 Å². The van der Waals surface area contributed by atoms with Gasteiger partial charge in [0.25, 0.3) is 0 Å². The summed E-state index contributed by atoms with van der Waals surface area (Å²) in [5.74, 6) is 0.502. The van der Waals surface area contributed by atoms with Gasteiger partial charge in [-0.3, -0.25) is 30.4 Å². The first-order valence-corrected chi connectivity index (χ1v) is 13.1. The van der Waals surface area contributed by atoms with Crippen LogP contribution in [0, 0.1) is 5.82 Å². The van der Waals surface area contributed by atoms with Crippen molar-refractivity contribution in [2.75, 3.05) is 19.6 Å². The second-order valence-corrected chi connectivity index (χ2v) is 10.1. The zero-order valence-corrected chi connectivity index (χ0v) is 20.8. The molecule has 37 heavy (non-hydrogen) atoms. The van der Waals surface area contributed by atoms with Crippen LogP contribution in [0.3, 0.4) is 0 Å². The maximum atomic E-state index is 13.4. The van der Waals surface area contributed by atoms with Crippen LogP contribution in [0.4, 0.5) is 4.39 Å². The molecule has 3 aliphatic rings. The van der Waals surface area contributed by atoms with Crippen LogP contribution >= 0.6 is 0 Å². The summed E-state index contributed by atoms with van der Waals surface area (Å²) >= 11 is 0. The first kappa shape index (κ1) is 25.6. The molecule has 3 saturated heterocycles. The predicted octanol–water partition coefficient (Wildman–Crippen LogP) is 1.84. The number of hydrogen-bond donors (Lipinski definition) is 5. The standard InChI is InChI=1S/C27H35FN6O3/c28-19-5-7-20(8-6-19)37-23-9-4-17(14-18(23)16-34-12-2-1-3-13-34)26-32-22(25(29)35)15-24(33-26)31-21-10-11-30-27(21)36/h4-9,14,21-22,24,26,31-33H,1-3,10-13,15-16H2,(H2,29,35)(H,30,36)/t21-,22?,24?,26?/m0/s1. The van der Waals surface area contributed by atoms with Crippen molar-refractivity contribution in [1.82, 2.24) is 26.2 Å². The Balaban J connectivity index is 1.39. The minimum absolute atomic E-state index is 0.0291. The van der Waals surface area contributed by atoms with Gasteiger partial charge in [-0.2, -0.15) is 0 Å². The van der Waals surface area contributed by atoms with E-state index in [4.69, 9.17) is 10.5 Å². The number of likely N-dealkylation sites (tertiary alicyclic amines) is 1. The second kappa shape index (κ2) is 11.6. The van der Waals surface area contributed by atoms with Crippen LogP contribution in [0.2, 0.25) is 0 Å². The number of nitrogens with one attached hydrogen (secondary N) is 4. The van der Waals surface area contributed by atoms with Gasteiger partial charge in [0.2, 0.25) is 11.8 Å². The van der Waals surface area contributed by atoms with Gasteiger partial charge >= 0.3 is 0 Å². The van der Waals surface area contributed by atoms with Gasteiger partial charge < -0.3 is 15.8 Å². The molecule has 0 radical (unpaired) electrons. The third kappa shape index (κ3) is 6.45. The van der Waals surface area contributed by atoms with Crippen molar-refractivity contribution in [1.29, 1.82) is 0 Å². The van der Waals surface area contributed by atoms with Crippen molar-refractivity contribution in [3.8, 4) is 11.5 Å². The van der Waals surface area contributed by atoms with E-state index in [2.05, 4.69) is 32.2 Å². The molecular formula is C27H35FN6O3. The van der Waals surface area contributed by atoms with Gasteiger partial charge in [-0.1, -0.05) is 12.5 Å². The number of carbonyl (C=O) groups is 2. The van der Waals surface area contributed by atoms with Crippen molar-refractivity contribution < 1.29 is 18.7 Å². The molecule has 0 aliphatic carbocycles. The molecule has 3 unspecified atom stereocenters. The van der Waals surface area contributed by atoms with Crippen molar-refractivity contribution in [2.24, 2.45) is 5.73 Å². The molecule has 198 valence electrons. The summed E-state index contributed by atoms with van der Waals surface area (Å²) in [6.07, 6.45) is 4.09. The maximum Gasteiger partial charge on any atom is 0.237 e. The molecule has 3 fully saturated rings. The predicted molar refractivity (Wildman–Crippen MR) is 137 cm³/mol. The van der Waals surface area contributed by atoms with Crippen molar-refractivity contribution in [2.45, 2.75) is 63.1 Å². The van der Waals surface area contributed by atoms with Gasteiger partial charge in [-0.25, -0.2) is 4.39 Å². The Kier molecular flexibility index (Phi) is 7.99. The fourth-order valence-corrected chi connectivity index (χ4v) is 5.32. The fourth-order valence-electron chi connectivity index (χ4n) is 5.32. The van der Waals surface area contributed by atoms with Gasteiger partial charge in [-0.15, -0.1) is 0 Å². The Bertz CT molecular complexity index is 1110. The number of ether oxygens (including phenoxy) is 1. The van der Waals surface area contributed by atoms with Crippen LogP contribution in [-0.2, 0) is 16.1 Å². The van der Waals surface area contributed by atoms with E-state index in [0.29, 0.717) is 30.9 Å². The van der Waals surface area contributed by atoms with E-state index in [1.165, 1.54) is 31.4 Å². The first-order chi connectivity index (χ1) is 17.9. The van der Waals surface area contributed by atoms with Crippen LogP contribution in [0.15, 0.2) is 42.5 Å². The second-order valence-electron chi connectivity index (χ2n) is 10.1. The summed E-state index contributed by atoms with van der Waals surface area (Å²) in [6.45, 7) is 3.42. The highest BCUT2D eigenvalue weighted by Crippen LogP contribution is 2.31. The van der Waals surface area contributed by atoms with Gasteiger partial charge in [-0.05, 0) is 74.3 Å². The summed E-state index contributed by atoms with van der Waals surface area (Å²) in [5.41, 5.74) is 7.63. The average Bonchev–Trinajstić information content (AvgIpc) is 3.30. The van der Waals surface area contributed by atoms with Crippen molar-refractivity contribution in [3.63, 3.8) is 0 Å².